The highest BCUT2D eigenvalue weighted by Crippen LogP contribution is 2.09. The molecule has 0 amide bonds. The minimum Gasteiger partial charge on any atom is -0.374 e. The van der Waals surface area contributed by atoms with Crippen LogP contribution in [0.5, 0.6) is 0 Å². The van der Waals surface area contributed by atoms with Crippen molar-refractivity contribution in [3.63, 3.8) is 0 Å². The summed E-state index contributed by atoms with van der Waals surface area (Å²) in [7, 11) is 0. The first-order valence-electron chi connectivity index (χ1n) is 5.90. The van der Waals surface area contributed by atoms with Gasteiger partial charge in [-0.25, -0.2) is 0 Å². The standard InChI is InChI=1S/C12H18N4/c1-10(8-11-4-7-15-16-9-11)12-13-5-2-3-6-14-12/h4,7,9-10H,2-3,5-6,8H2,1H3,(H,13,14). The van der Waals surface area contributed by atoms with Crippen LogP contribution in [0.1, 0.15) is 25.3 Å². The Labute approximate surface area is 96.2 Å². The lowest BCUT2D eigenvalue weighted by Gasteiger charge is -2.14. The number of hydrogen-bond donors (Lipinski definition) is 1. The van der Waals surface area contributed by atoms with E-state index in [4.69, 9.17) is 0 Å². The van der Waals surface area contributed by atoms with Crippen LogP contribution >= 0.6 is 0 Å². The third-order valence-electron chi connectivity index (χ3n) is 2.83. The SMILES string of the molecule is CC(Cc1ccnnc1)C1=NCCCCN1. The predicted molar refractivity (Wildman–Crippen MR) is 64.4 cm³/mol. The van der Waals surface area contributed by atoms with Crippen LogP contribution in [-0.4, -0.2) is 29.1 Å². The molecular weight excluding hydrogens is 200 g/mol. The highest BCUT2D eigenvalue weighted by Gasteiger charge is 2.12. The van der Waals surface area contributed by atoms with Gasteiger partial charge in [0.05, 0.1) is 12.0 Å². The van der Waals surface area contributed by atoms with Gasteiger partial charge in [0.15, 0.2) is 0 Å². The minimum absolute atomic E-state index is 0.433. The molecule has 4 nitrogen and oxygen atoms in total. The molecule has 1 N–H and O–H groups in total. The van der Waals surface area contributed by atoms with E-state index in [9.17, 15) is 0 Å². The second-order valence-corrected chi connectivity index (χ2v) is 4.26. The van der Waals surface area contributed by atoms with Crippen molar-refractivity contribution < 1.29 is 0 Å². The summed E-state index contributed by atoms with van der Waals surface area (Å²) < 4.78 is 0. The van der Waals surface area contributed by atoms with E-state index in [-0.39, 0.29) is 0 Å². The molecule has 1 unspecified atom stereocenters. The number of rotatable bonds is 3. The molecule has 1 atom stereocenters. The lowest BCUT2D eigenvalue weighted by molar-refractivity contribution is 0.706. The number of nitrogens with zero attached hydrogens (tertiary/aromatic N) is 3. The highest BCUT2D eigenvalue weighted by atomic mass is 15.1. The monoisotopic (exact) mass is 218 g/mol. The lowest BCUT2D eigenvalue weighted by atomic mass is 10.0. The number of hydrogen-bond acceptors (Lipinski definition) is 4. The third kappa shape index (κ3) is 3.02. The highest BCUT2D eigenvalue weighted by molar-refractivity contribution is 5.84. The molecule has 16 heavy (non-hydrogen) atoms. The molecule has 0 spiro atoms. The lowest BCUT2D eigenvalue weighted by Crippen LogP contribution is -2.30. The van der Waals surface area contributed by atoms with Crippen molar-refractivity contribution in [3.05, 3.63) is 24.0 Å². The van der Waals surface area contributed by atoms with Gasteiger partial charge in [-0.1, -0.05) is 6.92 Å². The van der Waals surface area contributed by atoms with Crippen molar-refractivity contribution in [1.29, 1.82) is 0 Å². The van der Waals surface area contributed by atoms with Crippen molar-refractivity contribution >= 4 is 5.84 Å². The summed E-state index contributed by atoms with van der Waals surface area (Å²) in [6.07, 6.45) is 6.95. The second-order valence-electron chi connectivity index (χ2n) is 4.26. The molecule has 0 aliphatic carbocycles. The van der Waals surface area contributed by atoms with Crippen LogP contribution in [0.15, 0.2) is 23.5 Å². The number of aromatic nitrogens is 2. The maximum Gasteiger partial charge on any atom is 0.0994 e. The summed E-state index contributed by atoms with van der Waals surface area (Å²) >= 11 is 0. The van der Waals surface area contributed by atoms with E-state index >= 15 is 0 Å². The first kappa shape index (κ1) is 11.0. The average Bonchev–Trinajstić information content (AvgIpc) is 2.59. The third-order valence-corrected chi connectivity index (χ3v) is 2.83. The van der Waals surface area contributed by atoms with Gasteiger partial charge < -0.3 is 5.32 Å². The molecule has 1 aromatic heterocycles. The molecule has 0 saturated carbocycles. The molecule has 0 radical (unpaired) electrons. The van der Waals surface area contributed by atoms with E-state index < -0.39 is 0 Å². The van der Waals surface area contributed by atoms with Gasteiger partial charge in [-0.15, -0.1) is 0 Å². The van der Waals surface area contributed by atoms with Crippen LogP contribution in [0, 0.1) is 5.92 Å². The van der Waals surface area contributed by atoms with Gasteiger partial charge in [0, 0.05) is 25.2 Å². The predicted octanol–water partition coefficient (Wildman–Crippen LogP) is 1.44. The van der Waals surface area contributed by atoms with Gasteiger partial charge in [-0.2, -0.15) is 10.2 Å². The molecule has 0 aromatic carbocycles. The topological polar surface area (TPSA) is 50.2 Å². The van der Waals surface area contributed by atoms with Crippen molar-refractivity contribution in [3.8, 4) is 0 Å². The molecule has 2 rings (SSSR count). The average molecular weight is 218 g/mol. The molecular formula is C12H18N4. The number of aliphatic imine (C=N–C) groups is 1. The van der Waals surface area contributed by atoms with Crippen LogP contribution in [-0.2, 0) is 6.42 Å². The summed E-state index contributed by atoms with van der Waals surface area (Å²) in [5, 5.41) is 11.1. The van der Waals surface area contributed by atoms with E-state index in [0.29, 0.717) is 5.92 Å². The number of amidine groups is 1. The maximum atomic E-state index is 4.59. The fourth-order valence-corrected chi connectivity index (χ4v) is 1.93. The van der Waals surface area contributed by atoms with Gasteiger partial charge >= 0.3 is 0 Å². The van der Waals surface area contributed by atoms with E-state index in [1.54, 1.807) is 6.20 Å². The summed E-state index contributed by atoms with van der Waals surface area (Å²) in [5.41, 5.74) is 1.22. The van der Waals surface area contributed by atoms with Crippen LogP contribution in [0.3, 0.4) is 0 Å². The Morgan fingerprint density at radius 1 is 1.38 bits per heavy atom. The van der Waals surface area contributed by atoms with Gasteiger partial charge in [0.2, 0.25) is 0 Å². The Balaban J connectivity index is 1.97. The molecule has 86 valence electrons. The zero-order valence-electron chi connectivity index (χ0n) is 9.69. The summed E-state index contributed by atoms with van der Waals surface area (Å²) in [6, 6.07) is 2.01. The van der Waals surface area contributed by atoms with Gasteiger partial charge in [0.25, 0.3) is 0 Å². The maximum absolute atomic E-state index is 4.59. The Hall–Kier alpha value is -1.45. The fraction of sp³-hybridized carbons (Fsp3) is 0.583. The largest absolute Gasteiger partial charge is 0.374 e. The Kier molecular flexibility index (Phi) is 3.86. The van der Waals surface area contributed by atoms with Gasteiger partial charge in [0.1, 0.15) is 0 Å². The zero-order chi connectivity index (χ0) is 11.2. The Bertz CT molecular complexity index is 347. The normalized spacial score (nSPS) is 18.2. The van der Waals surface area contributed by atoms with Crippen LogP contribution in [0.2, 0.25) is 0 Å². The van der Waals surface area contributed by atoms with E-state index in [0.717, 1.165) is 25.3 Å². The summed E-state index contributed by atoms with van der Waals surface area (Å²) in [6.45, 7) is 4.22. The first-order chi connectivity index (χ1) is 7.86. The van der Waals surface area contributed by atoms with E-state index in [1.807, 2.05) is 12.3 Å². The first-order valence-corrected chi connectivity index (χ1v) is 5.90. The second kappa shape index (κ2) is 5.58. The molecule has 0 bridgehead atoms. The molecule has 0 saturated heterocycles. The smallest absolute Gasteiger partial charge is 0.0994 e. The Morgan fingerprint density at radius 3 is 3.12 bits per heavy atom. The van der Waals surface area contributed by atoms with Crippen LogP contribution in [0.25, 0.3) is 0 Å². The molecule has 1 aliphatic rings. The van der Waals surface area contributed by atoms with E-state index in [1.165, 1.54) is 18.4 Å². The van der Waals surface area contributed by atoms with Crippen molar-refractivity contribution in [2.24, 2.45) is 10.9 Å². The molecule has 2 heterocycles. The van der Waals surface area contributed by atoms with Crippen molar-refractivity contribution in [2.75, 3.05) is 13.1 Å². The molecule has 4 heteroatoms. The zero-order valence-corrected chi connectivity index (χ0v) is 9.69. The minimum atomic E-state index is 0.433. The summed E-state index contributed by atoms with van der Waals surface area (Å²) in [5.74, 6) is 1.58. The van der Waals surface area contributed by atoms with Gasteiger partial charge in [-0.3, -0.25) is 4.99 Å². The Morgan fingerprint density at radius 2 is 2.31 bits per heavy atom. The molecule has 0 fully saturated rings. The quantitative estimate of drug-likeness (QED) is 0.835. The number of nitrogens with one attached hydrogen (secondary N) is 1. The summed E-state index contributed by atoms with van der Waals surface area (Å²) in [4.78, 5) is 4.59. The fourth-order valence-electron chi connectivity index (χ4n) is 1.93. The van der Waals surface area contributed by atoms with Crippen molar-refractivity contribution in [2.45, 2.75) is 26.2 Å². The molecule has 1 aromatic rings. The van der Waals surface area contributed by atoms with Gasteiger partial charge in [-0.05, 0) is 30.9 Å². The van der Waals surface area contributed by atoms with Crippen LogP contribution in [0.4, 0.5) is 0 Å². The van der Waals surface area contributed by atoms with E-state index in [2.05, 4.69) is 27.4 Å². The molecule has 1 aliphatic heterocycles. The van der Waals surface area contributed by atoms with Crippen LogP contribution < -0.4 is 5.32 Å². The van der Waals surface area contributed by atoms with Crippen molar-refractivity contribution in [1.82, 2.24) is 15.5 Å².